The lowest BCUT2D eigenvalue weighted by Crippen LogP contribution is -2.12. The second-order valence-corrected chi connectivity index (χ2v) is 4.63. The fraction of sp³-hybridized carbons (Fsp3) is 0.500. The van der Waals surface area contributed by atoms with E-state index in [2.05, 4.69) is 11.0 Å². The third-order valence-electron chi connectivity index (χ3n) is 2.69. The summed E-state index contributed by atoms with van der Waals surface area (Å²) < 4.78 is 5.32. The average molecular weight is 251 g/mol. The van der Waals surface area contributed by atoms with Crippen LogP contribution in [0.2, 0.25) is 0 Å². The molecule has 0 saturated carbocycles. The number of benzene rings is 1. The highest BCUT2D eigenvalue weighted by molar-refractivity contribution is 5.66. The van der Waals surface area contributed by atoms with Gasteiger partial charge in [0.25, 0.3) is 0 Å². The minimum atomic E-state index is -0.739. The van der Waals surface area contributed by atoms with Crippen molar-refractivity contribution < 1.29 is 14.6 Å². The number of hydrogen-bond acceptors (Lipinski definition) is 3. The maximum Gasteiger partial charge on any atom is 0.303 e. The van der Waals surface area contributed by atoms with E-state index in [0.717, 1.165) is 29.8 Å². The van der Waals surface area contributed by atoms with Crippen LogP contribution in [0.5, 0.6) is 5.75 Å². The Morgan fingerprint density at radius 1 is 1.39 bits per heavy atom. The van der Waals surface area contributed by atoms with E-state index >= 15 is 0 Å². The van der Waals surface area contributed by atoms with Crippen molar-refractivity contribution in [3.05, 3.63) is 29.3 Å². The molecule has 0 heterocycles. The average Bonchev–Trinajstić information content (AvgIpc) is 2.28. The number of ether oxygens (including phenoxy) is 1. The molecule has 1 rings (SSSR count). The minimum Gasteiger partial charge on any atom is -0.496 e. The standard InChI is InChI=1S/C14H21NO3/c1-15(2)10-12-9-11(5-4-6-14(16)17)7-8-13(12)18-3/h7-9H,4-6,10H2,1-3H3,(H,16,17). The highest BCUT2D eigenvalue weighted by Crippen LogP contribution is 2.22. The van der Waals surface area contributed by atoms with Gasteiger partial charge in [0.2, 0.25) is 0 Å². The molecule has 0 bridgehead atoms. The van der Waals surface area contributed by atoms with Gasteiger partial charge in [0.1, 0.15) is 5.75 Å². The summed E-state index contributed by atoms with van der Waals surface area (Å²) in [6, 6.07) is 6.05. The monoisotopic (exact) mass is 251 g/mol. The Kier molecular flexibility index (Phi) is 5.65. The molecule has 0 aliphatic heterocycles. The lowest BCUT2D eigenvalue weighted by molar-refractivity contribution is -0.137. The highest BCUT2D eigenvalue weighted by atomic mass is 16.5. The molecule has 0 unspecified atom stereocenters. The number of carbonyl (C=O) groups is 1. The summed E-state index contributed by atoms with van der Waals surface area (Å²) in [5, 5.41) is 8.62. The van der Waals surface area contributed by atoms with E-state index < -0.39 is 5.97 Å². The summed E-state index contributed by atoms with van der Waals surface area (Å²) in [7, 11) is 5.69. The van der Waals surface area contributed by atoms with Crippen molar-refractivity contribution >= 4 is 5.97 Å². The summed E-state index contributed by atoms with van der Waals surface area (Å²) in [5.74, 6) is 0.141. The number of nitrogens with zero attached hydrogens (tertiary/aromatic N) is 1. The second kappa shape index (κ2) is 7.01. The zero-order valence-corrected chi connectivity index (χ0v) is 11.3. The molecule has 0 aliphatic carbocycles. The Labute approximate surface area is 108 Å². The van der Waals surface area contributed by atoms with Crippen LogP contribution in [0.25, 0.3) is 0 Å². The topological polar surface area (TPSA) is 49.8 Å². The van der Waals surface area contributed by atoms with Crippen molar-refractivity contribution in [2.45, 2.75) is 25.8 Å². The van der Waals surface area contributed by atoms with Gasteiger partial charge in [-0.1, -0.05) is 12.1 Å². The largest absolute Gasteiger partial charge is 0.496 e. The number of carboxylic acid groups (broad SMARTS) is 1. The van der Waals surface area contributed by atoms with E-state index in [9.17, 15) is 4.79 Å². The Morgan fingerprint density at radius 3 is 2.67 bits per heavy atom. The molecule has 0 fully saturated rings. The van der Waals surface area contributed by atoms with Gasteiger partial charge in [0.05, 0.1) is 7.11 Å². The molecule has 0 aromatic heterocycles. The van der Waals surface area contributed by atoms with Crippen LogP contribution in [0.4, 0.5) is 0 Å². The van der Waals surface area contributed by atoms with Crippen LogP contribution in [0.1, 0.15) is 24.0 Å². The summed E-state index contributed by atoms with van der Waals surface area (Å²) in [6.45, 7) is 0.815. The Morgan fingerprint density at radius 2 is 2.11 bits per heavy atom. The fourth-order valence-electron chi connectivity index (χ4n) is 1.90. The maximum absolute atomic E-state index is 10.5. The van der Waals surface area contributed by atoms with Crippen molar-refractivity contribution in [3.8, 4) is 5.75 Å². The fourth-order valence-corrected chi connectivity index (χ4v) is 1.90. The van der Waals surface area contributed by atoms with Crippen LogP contribution in [0, 0.1) is 0 Å². The number of carboxylic acids is 1. The first-order chi connectivity index (χ1) is 8.52. The SMILES string of the molecule is COc1ccc(CCCC(=O)O)cc1CN(C)C. The second-order valence-electron chi connectivity index (χ2n) is 4.63. The number of rotatable bonds is 7. The van der Waals surface area contributed by atoms with Gasteiger partial charge in [-0.3, -0.25) is 4.79 Å². The molecule has 4 heteroatoms. The van der Waals surface area contributed by atoms with Gasteiger partial charge >= 0.3 is 5.97 Å². The normalized spacial score (nSPS) is 10.7. The van der Waals surface area contributed by atoms with Crippen LogP contribution >= 0.6 is 0 Å². The molecule has 0 radical (unpaired) electrons. The number of aryl methyl sites for hydroxylation is 1. The van der Waals surface area contributed by atoms with Crippen LogP contribution in [-0.4, -0.2) is 37.2 Å². The smallest absolute Gasteiger partial charge is 0.303 e. The molecule has 0 saturated heterocycles. The molecule has 1 aromatic rings. The summed E-state index contributed by atoms with van der Waals surface area (Å²) >= 11 is 0. The van der Waals surface area contributed by atoms with Gasteiger partial charge in [-0.25, -0.2) is 0 Å². The first kappa shape index (κ1) is 14.5. The Bertz CT molecular complexity index is 402. The van der Waals surface area contributed by atoms with Gasteiger partial charge in [0, 0.05) is 18.5 Å². The molecule has 0 atom stereocenters. The van der Waals surface area contributed by atoms with Crippen LogP contribution in [0.3, 0.4) is 0 Å². The number of aliphatic carboxylic acids is 1. The molecule has 0 spiro atoms. The third kappa shape index (κ3) is 4.75. The zero-order valence-electron chi connectivity index (χ0n) is 11.3. The quantitative estimate of drug-likeness (QED) is 0.807. The van der Waals surface area contributed by atoms with Crippen molar-refractivity contribution in [1.82, 2.24) is 4.90 Å². The minimum absolute atomic E-state index is 0.217. The Balaban J connectivity index is 2.72. The van der Waals surface area contributed by atoms with E-state index in [1.807, 2.05) is 26.2 Å². The Hall–Kier alpha value is -1.55. The molecule has 0 aliphatic rings. The summed E-state index contributed by atoms with van der Waals surface area (Å²) in [6.07, 6.45) is 1.68. The van der Waals surface area contributed by atoms with Crippen LogP contribution in [-0.2, 0) is 17.8 Å². The summed E-state index contributed by atoms with van der Waals surface area (Å²) in [5.41, 5.74) is 2.30. The molecular formula is C14H21NO3. The molecule has 1 N–H and O–H groups in total. The molecule has 4 nitrogen and oxygen atoms in total. The molecule has 18 heavy (non-hydrogen) atoms. The molecular weight excluding hydrogens is 230 g/mol. The summed E-state index contributed by atoms with van der Waals surface area (Å²) in [4.78, 5) is 12.6. The third-order valence-corrected chi connectivity index (χ3v) is 2.69. The lowest BCUT2D eigenvalue weighted by atomic mass is 10.0. The predicted molar refractivity (Wildman–Crippen MR) is 71.0 cm³/mol. The van der Waals surface area contributed by atoms with Crippen molar-refractivity contribution in [3.63, 3.8) is 0 Å². The van der Waals surface area contributed by atoms with Crippen molar-refractivity contribution in [2.75, 3.05) is 21.2 Å². The molecule has 1 aromatic carbocycles. The highest BCUT2D eigenvalue weighted by Gasteiger charge is 2.06. The molecule has 100 valence electrons. The predicted octanol–water partition coefficient (Wildman–Crippen LogP) is 2.16. The van der Waals surface area contributed by atoms with E-state index in [1.54, 1.807) is 7.11 Å². The van der Waals surface area contributed by atoms with Gasteiger partial charge < -0.3 is 14.7 Å². The zero-order chi connectivity index (χ0) is 13.5. The number of hydrogen-bond donors (Lipinski definition) is 1. The van der Waals surface area contributed by atoms with E-state index in [1.165, 1.54) is 0 Å². The first-order valence-corrected chi connectivity index (χ1v) is 6.05. The number of methoxy groups -OCH3 is 1. The van der Waals surface area contributed by atoms with Crippen molar-refractivity contribution in [2.24, 2.45) is 0 Å². The van der Waals surface area contributed by atoms with Crippen LogP contribution < -0.4 is 4.74 Å². The first-order valence-electron chi connectivity index (χ1n) is 6.05. The van der Waals surface area contributed by atoms with Crippen molar-refractivity contribution in [1.29, 1.82) is 0 Å². The van der Waals surface area contributed by atoms with E-state index in [4.69, 9.17) is 9.84 Å². The van der Waals surface area contributed by atoms with E-state index in [0.29, 0.717) is 6.42 Å². The van der Waals surface area contributed by atoms with Crippen LogP contribution in [0.15, 0.2) is 18.2 Å². The van der Waals surface area contributed by atoms with Gasteiger partial charge in [-0.05, 0) is 38.6 Å². The van der Waals surface area contributed by atoms with Gasteiger partial charge in [-0.2, -0.15) is 0 Å². The lowest BCUT2D eigenvalue weighted by Gasteiger charge is -2.14. The van der Waals surface area contributed by atoms with Gasteiger partial charge in [-0.15, -0.1) is 0 Å². The van der Waals surface area contributed by atoms with Gasteiger partial charge in [0.15, 0.2) is 0 Å². The van der Waals surface area contributed by atoms with E-state index in [-0.39, 0.29) is 6.42 Å². The molecule has 0 amide bonds. The maximum atomic E-state index is 10.5.